The highest BCUT2D eigenvalue weighted by molar-refractivity contribution is 6.76. The molecule has 1 N–H and O–H groups in total. The van der Waals surface area contributed by atoms with Crippen molar-refractivity contribution in [2.45, 2.75) is 58.3 Å². The standard InChI is InChI=1S/C20H37N5O3Si2/c1-17(23-26)18-14-20(25-19(22-18)8-9-21-25)24(15-27-10-12-29(2,3)4)16-28-11-13-30(5,6)7/h8-9,14,26H,10-13,15-16H2,1-7H3/b23-17+. The summed E-state index contributed by atoms with van der Waals surface area (Å²) in [4.78, 5) is 6.54. The fourth-order valence-corrected chi connectivity index (χ4v) is 4.15. The summed E-state index contributed by atoms with van der Waals surface area (Å²) in [6, 6.07) is 5.89. The monoisotopic (exact) mass is 451 g/mol. The third-order valence-corrected chi connectivity index (χ3v) is 8.08. The zero-order valence-corrected chi connectivity index (χ0v) is 21.5. The summed E-state index contributed by atoms with van der Waals surface area (Å²) in [6.07, 6.45) is 1.71. The summed E-state index contributed by atoms with van der Waals surface area (Å²) in [6.45, 7) is 18.0. The molecule has 8 nitrogen and oxygen atoms in total. The van der Waals surface area contributed by atoms with Crippen LogP contribution in [0.25, 0.3) is 5.65 Å². The van der Waals surface area contributed by atoms with Gasteiger partial charge in [0.05, 0.1) is 11.9 Å². The van der Waals surface area contributed by atoms with Crippen molar-refractivity contribution in [2.75, 3.05) is 31.6 Å². The zero-order valence-electron chi connectivity index (χ0n) is 19.5. The highest BCUT2D eigenvalue weighted by atomic mass is 28.3. The largest absolute Gasteiger partial charge is 0.411 e. The van der Waals surface area contributed by atoms with Crippen LogP contribution in [0.5, 0.6) is 0 Å². The Hall–Kier alpha value is -1.76. The van der Waals surface area contributed by atoms with E-state index in [0.29, 0.717) is 30.5 Å². The third kappa shape index (κ3) is 7.82. The van der Waals surface area contributed by atoms with Gasteiger partial charge in [0.1, 0.15) is 25.0 Å². The van der Waals surface area contributed by atoms with Gasteiger partial charge in [-0.2, -0.15) is 9.61 Å². The Kier molecular flexibility index (Phi) is 8.59. The van der Waals surface area contributed by atoms with Crippen molar-refractivity contribution in [2.24, 2.45) is 5.16 Å². The number of anilines is 1. The average Bonchev–Trinajstić information content (AvgIpc) is 3.12. The minimum atomic E-state index is -1.16. The van der Waals surface area contributed by atoms with Crippen molar-refractivity contribution in [3.8, 4) is 0 Å². The van der Waals surface area contributed by atoms with Gasteiger partial charge in [-0.05, 0) is 19.0 Å². The number of hydrogen-bond donors (Lipinski definition) is 1. The smallest absolute Gasteiger partial charge is 0.158 e. The predicted octanol–water partition coefficient (Wildman–Crippen LogP) is 4.36. The van der Waals surface area contributed by atoms with E-state index in [4.69, 9.17) is 9.47 Å². The first kappa shape index (κ1) is 24.5. The van der Waals surface area contributed by atoms with Gasteiger partial charge < -0.3 is 19.6 Å². The van der Waals surface area contributed by atoms with E-state index in [1.54, 1.807) is 17.6 Å². The fraction of sp³-hybridized carbons (Fsp3) is 0.650. The maximum absolute atomic E-state index is 9.21. The van der Waals surface area contributed by atoms with E-state index in [0.717, 1.165) is 31.1 Å². The van der Waals surface area contributed by atoms with Crippen LogP contribution in [0.2, 0.25) is 51.4 Å². The van der Waals surface area contributed by atoms with Crippen LogP contribution < -0.4 is 4.90 Å². The number of hydrogen-bond acceptors (Lipinski definition) is 7. The molecular weight excluding hydrogens is 414 g/mol. The molecule has 0 spiro atoms. The van der Waals surface area contributed by atoms with Crippen molar-refractivity contribution >= 4 is 33.3 Å². The Balaban J connectivity index is 2.22. The Morgan fingerprint density at radius 1 is 1.07 bits per heavy atom. The van der Waals surface area contributed by atoms with E-state index < -0.39 is 16.1 Å². The molecule has 0 atom stereocenters. The van der Waals surface area contributed by atoms with Crippen LogP contribution in [0.3, 0.4) is 0 Å². The summed E-state index contributed by atoms with van der Waals surface area (Å²) in [5, 5.41) is 16.9. The Labute approximate surface area is 181 Å². The molecular formula is C20H37N5O3Si2. The van der Waals surface area contributed by atoms with Crippen LogP contribution in [0.4, 0.5) is 5.82 Å². The molecule has 0 saturated carbocycles. The van der Waals surface area contributed by atoms with Crippen LogP contribution in [0.1, 0.15) is 12.6 Å². The number of nitrogens with zero attached hydrogens (tertiary/aromatic N) is 5. The molecule has 0 aromatic carbocycles. The lowest BCUT2D eigenvalue weighted by Crippen LogP contribution is -2.33. The summed E-state index contributed by atoms with van der Waals surface area (Å²) in [5.74, 6) is 0.795. The van der Waals surface area contributed by atoms with Crippen LogP contribution in [-0.2, 0) is 9.47 Å². The molecule has 0 amide bonds. The highest BCUT2D eigenvalue weighted by Gasteiger charge is 2.18. The number of aromatic nitrogens is 3. The van der Waals surface area contributed by atoms with E-state index in [2.05, 4.69) is 54.5 Å². The second kappa shape index (κ2) is 10.5. The van der Waals surface area contributed by atoms with Gasteiger partial charge >= 0.3 is 0 Å². The molecule has 10 heteroatoms. The normalized spacial score (nSPS) is 13.2. The summed E-state index contributed by atoms with van der Waals surface area (Å²) < 4.78 is 13.8. The molecule has 30 heavy (non-hydrogen) atoms. The van der Waals surface area contributed by atoms with Crippen molar-refractivity contribution in [1.29, 1.82) is 0 Å². The van der Waals surface area contributed by atoms with Gasteiger partial charge in [0.2, 0.25) is 0 Å². The first-order valence-electron chi connectivity index (χ1n) is 10.4. The first-order chi connectivity index (χ1) is 14.0. The lowest BCUT2D eigenvalue weighted by molar-refractivity contribution is 0.0942. The van der Waals surface area contributed by atoms with E-state index in [1.807, 2.05) is 17.0 Å². The van der Waals surface area contributed by atoms with Gasteiger partial charge in [-0.25, -0.2) is 4.98 Å². The first-order valence-corrected chi connectivity index (χ1v) is 17.9. The lowest BCUT2D eigenvalue weighted by atomic mass is 10.3. The van der Waals surface area contributed by atoms with Crippen molar-refractivity contribution in [1.82, 2.24) is 14.6 Å². The summed E-state index contributed by atoms with van der Waals surface area (Å²) in [5.41, 5.74) is 1.72. The van der Waals surface area contributed by atoms with Crippen molar-refractivity contribution < 1.29 is 14.7 Å². The average molecular weight is 452 g/mol. The molecule has 0 unspecified atom stereocenters. The molecule has 0 fully saturated rings. The Morgan fingerprint density at radius 2 is 1.63 bits per heavy atom. The number of rotatable bonds is 12. The van der Waals surface area contributed by atoms with E-state index in [-0.39, 0.29) is 0 Å². The van der Waals surface area contributed by atoms with E-state index >= 15 is 0 Å². The second-order valence-electron chi connectivity index (χ2n) is 10.0. The minimum absolute atomic E-state index is 0.394. The molecule has 0 aliphatic rings. The second-order valence-corrected chi connectivity index (χ2v) is 21.3. The molecule has 2 rings (SSSR count). The Bertz CT molecular complexity index is 821. The van der Waals surface area contributed by atoms with Crippen molar-refractivity contribution in [3.05, 3.63) is 24.0 Å². The highest BCUT2D eigenvalue weighted by Crippen LogP contribution is 2.19. The molecule has 0 bridgehead atoms. The lowest BCUT2D eigenvalue weighted by Gasteiger charge is -2.26. The quantitative estimate of drug-likeness (QED) is 0.129. The number of ether oxygens (including phenoxy) is 2. The zero-order chi connectivity index (χ0) is 22.4. The minimum Gasteiger partial charge on any atom is -0.411 e. The predicted molar refractivity (Wildman–Crippen MR) is 127 cm³/mol. The van der Waals surface area contributed by atoms with E-state index in [9.17, 15) is 5.21 Å². The van der Waals surface area contributed by atoms with Crippen LogP contribution in [0.15, 0.2) is 23.5 Å². The third-order valence-electron chi connectivity index (χ3n) is 4.67. The molecule has 2 aromatic heterocycles. The topological polar surface area (TPSA) is 84.5 Å². The van der Waals surface area contributed by atoms with Gasteiger partial charge in [0, 0.05) is 41.5 Å². The fourth-order valence-electron chi connectivity index (χ4n) is 2.63. The summed E-state index contributed by atoms with van der Waals surface area (Å²) >= 11 is 0. The molecule has 168 valence electrons. The molecule has 0 saturated heterocycles. The molecule has 0 radical (unpaired) electrons. The van der Waals surface area contributed by atoms with Crippen LogP contribution in [-0.4, -0.2) is 68.3 Å². The molecule has 2 heterocycles. The SMILES string of the molecule is C/C(=N\O)c1cc(N(COCC[Si](C)(C)C)COCC[Si](C)(C)C)n2nccc2n1. The molecule has 2 aromatic rings. The number of fused-ring (bicyclic) bond motifs is 1. The molecule has 0 aliphatic carbocycles. The van der Waals surface area contributed by atoms with Crippen LogP contribution in [0, 0.1) is 0 Å². The van der Waals surface area contributed by atoms with Crippen LogP contribution >= 0.6 is 0 Å². The maximum Gasteiger partial charge on any atom is 0.158 e. The van der Waals surface area contributed by atoms with Gasteiger partial charge in [0.25, 0.3) is 0 Å². The summed E-state index contributed by atoms with van der Waals surface area (Å²) in [7, 11) is -2.33. The van der Waals surface area contributed by atoms with Gasteiger partial charge in [0.15, 0.2) is 5.65 Å². The van der Waals surface area contributed by atoms with Crippen molar-refractivity contribution in [3.63, 3.8) is 0 Å². The van der Waals surface area contributed by atoms with Gasteiger partial charge in [-0.15, -0.1) is 0 Å². The van der Waals surface area contributed by atoms with Gasteiger partial charge in [-0.1, -0.05) is 44.4 Å². The molecule has 0 aliphatic heterocycles. The maximum atomic E-state index is 9.21. The van der Waals surface area contributed by atoms with E-state index in [1.165, 1.54) is 0 Å². The van der Waals surface area contributed by atoms with Gasteiger partial charge in [-0.3, -0.25) is 0 Å². The Morgan fingerprint density at radius 3 is 2.13 bits per heavy atom. The number of oxime groups is 1.